The molecule has 0 N–H and O–H groups in total. The molecular formula is C10H8ClIN6. The quantitative estimate of drug-likeness (QED) is 0.507. The van der Waals surface area contributed by atoms with Crippen LogP contribution in [0.5, 0.6) is 0 Å². The molecule has 0 aliphatic carbocycles. The van der Waals surface area contributed by atoms with E-state index in [4.69, 9.17) is 11.6 Å². The Morgan fingerprint density at radius 2 is 2.11 bits per heavy atom. The van der Waals surface area contributed by atoms with Gasteiger partial charge < -0.3 is 0 Å². The molecule has 8 heteroatoms. The molecule has 0 spiro atoms. The average Bonchev–Trinajstić information content (AvgIpc) is 2.87. The van der Waals surface area contributed by atoms with Crippen molar-refractivity contribution in [3.8, 4) is 0 Å². The molecule has 0 aliphatic heterocycles. The summed E-state index contributed by atoms with van der Waals surface area (Å²) in [5, 5.41) is 9.49. The molecule has 0 bridgehead atoms. The van der Waals surface area contributed by atoms with Gasteiger partial charge in [-0.3, -0.25) is 9.36 Å². The lowest BCUT2D eigenvalue weighted by molar-refractivity contribution is 0.654. The molecule has 3 aromatic heterocycles. The van der Waals surface area contributed by atoms with Crippen molar-refractivity contribution in [1.29, 1.82) is 0 Å². The first kappa shape index (κ1) is 11.8. The van der Waals surface area contributed by atoms with Crippen LogP contribution in [0, 0.1) is 3.57 Å². The molecular weight excluding hydrogens is 367 g/mol. The van der Waals surface area contributed by atoms with E-state index in [-0.39, 0.29) is 0 Å². The fourth-order valence-corrected chi connectivity index (χ4v) is 2.35. The fourth-order valence-electron chi connectivity index (χ4n) is 1.67. The number of aromatic nitrogens is 6. The number of halogens is 2. The highest BCUT2D eigenvalue weighted by molar-refractivity contribution is 14.1. The van der Waals surface area contributed by atoms with E-state index in [0.717, 1.165) is 14.6 Å². The molecule has 18 heavy (non-hydrogen) atoms. The maximum Gasteiger partial charge on any atom is 0.162 e. The van der Waals surface area contributed by atoms with Crippen LogP contribution in [0.3, 0.4) is 0 Å². The minimum Gasteiger partial charge on any atom is -0.264 e. The van der Waals surface area contributed by atoms with Crippen molar-refractivity contribution in [2.45, 2.75) is 6.54 Å². The van der Waals surface area contributed by atoms with E-state index < -0.39 is 0 Å². The zero-order chi connectivity index (χ0) is 12.7. The van der Waals surface area contributed by atoms with E-state index in [1.807, 2.05) is 13.2 Å². The van der Waals surface area contributed by atoms with Crippen LogP contribution in [0.1, 0.15) is 5.82 Å². The first-order valence-corrected chi connectivity index (χ1v) is 6.61. The van der Waals surface area contributed by atoms with E-state index in [9.17, 15) is 0 Å². The zero-order valence-electron chi connectivity index (χ0n) is 9.38. The van der Waals surface area contributed by atoms with Gasteiger partial charge >= 0.3 is 0 Å². The van der Waals surface area contributed by atoms with E-state index >= 15 is 0 Å². The summed E-state index contributed by atoms with van der Waals surface area (Å²) in [6.45, 7) is 0.490. The molecule has 3 aromatic rings. The maximum atomic E-state index is 6.11. The van der Waals surface area contributed by atoms with Gasteiger partial charge in [-0.25, -0.2) is 9.97 Å². The highest BCUT2D eigenvalue weighted by Crippen LogP contribution is 2.19. The first-order valence-electron chi connectivity index (χ1n) is 5.15. The Hall–Kier alpha value is -1.22. The zero-order valence-corrected chi connectivity index (χ0v) is 12.3. The smallest absolute Gasteiger partial charge is 0.162 e. The Morgan fingerprint density at radius 3 is 2.83 bits per heavy atom. The molecule has 3 rings (SSSR count). The van der Waals surface area contributed by atoms with E-state index in [1.54, 1.807) is 21.8 Å². The molecule has 0 fully saturated rings. The van der Waals surface area contributed by atoms with Gasteiger partial charge in [-0.2, -0.15) is 10.2 Å². The second kappa shape index (κ2) is 4.47. The molecule has 0 amide bonds. The first-order chi connectivity index (χ1) is 8.63. The van der Waals surface area contributed by atoms with Crippen molar-refractivity contribution >= 4 is 45.2 Å². The van der Waals surface area contributed by atoms with Gasteiger partial charge in [0.15, 0.2) is 11.5 Å². The minimum atomic E-state index is 0.421. The monoisotopic (exact) mass is 374 g/mol. The lowest BCUT2D eigenvalue weighted by Crippen LogP contribution is -2.06. The van der Waals surface area contributed by atoms with Crippen molar-refractivity contribution < 1.29 is 0 Å². The van der Waals surface area contributed by atoms with Gasteiger partial charge in [0.25, 0.3) is 0 Å². The van der Waals surface area contributed by atoms with Crippen LogP contribution < -0.4 is 0 Å². The van der Waals surface area contributed by atoms with Crippen molar-refractivity contribution in [3.05, 3.63) is 33.1 Å². The third kappa shape index (κ3) is 2.07. The number of hydrogen-bond acceptors (Lipinski definition) is 4. The molecule has 0 radical (unpaired) electrons. The number of aryl methyl sites for hydroxylation is 1. The van der Waals surface area contributed by atoms with Crippen LogP contribution in [0.15, 0.2) is 18.6 Å². The lowest BCUT2D eigenvalue weighted by atomic mass is 10.4. The van der Waals surface area contributed by atoms with Gasteiger partial charge in [0.2, 0.25) is 0 Å². The second-order valence-corrected chi connectivity index (χ2v) is 5.40. The van der Waals surface area contributed by atoms with Crippen molar-refractivity contribution in [3.63, 3.8) is 0 Å². The van der Waals surface area contributed by atoms with E-state index in [2.05, 4.69) is 42.8 Å². The Balaban J connectivity index is 2.04. The van der Waals surface area contributed by atoms with Gasteiger partial charge in [-0.15, -0.1) is 0 Å². The van der Waals surface area contributed by atoms with Crippen molar-refractivity contribution in [2.75, 3.05) is 0 Å². The van der Waals surface area contributed by atoms with Gasteiger partial charge in [0.1, 0.15) is 11.7 Å². The van der Waals surface area contributed by atoms with Gasteiger partial charge in [-0.05, 0) is 22.6 Å². The van der Waals surface area contributed by atoms with Crippen LogP contribution in [-0.4, -0.2) is 29.5 Å². The topological polar surface area (TPSA) is 61.4 Å². The summed E-state index contributed by atoms with van der Waals surface area (Å²) in [6, 6.07) is 0. The van der Waals surface area contributed by atoms with Crippen LogP contribution in [0.4, 0.5) is 0 Å². The Morgan fingerprint density at radius 1 is 1.28 bits per heavy atom. The van der Waals surface area contributed by atoms with Crippen LogP contribution in [-0.2, 0) is 13.6 Å². The van der Waals surface area contributed by atoms with Crippen LogP contribution >= 0.6 is 34.2 Å². The summed E-state index contributed by atoms with van der Waals surface area (Å²) in [5.74, 6) is 0.621. The summed E-state index contributed by atoms with van der Waals surface area (Å²) in [6.07, 6.45) is 5.37. The summed E-state index contributed by atoms with van der Waals surface area (Å²) in [5.41, 5.74) is 0.729. The summed E-state index contributed by atoms with van der Waals surface area (Å²) in [7, 11) is 1.83. The standard InChI is InChI=1S/C10H8ClIN6/c1-17-10-7(3-13-17)9(11)15-8(16-10)5-18-4-6(12)2-14-18/h2-4H,5H2,1H3. The third-order valence-corrected chi connectivity index (χ3v) is 3.34. The third-order valence-electron chi connectivity index (χ3n) is 2.50. The van der Waals surface area contributed by atoms with Crippen molar-refractivity contribution in [1.82, 2.24) is 29.5 Å². The normalized spacial score (nSPS) is 11.3. The molecule has 0 aliphatic rings. The Labute approximate surface area is 121 Å². The lowest BCUT2D eigenvalue weighted by Gasteiger charge is -2.02. The highest BCUT2D eigenvalue weighted by atomic mass is 127. The Kier molecular flexibility index (Phi) is 2.94. The molecule has 0 atom stereocenters. The predicted octanol–water partition coefficient (Wildman–Crippen LogP) is 1.87. The van der Waals surface area contributed by atoms with Crippen LogP contribution in [0.25, 0.3) is 11.0 Å². The highest BCUT2D eigenvalue weighted by Gasteiger charge is 2.10. The average molecular weight is 375 g/mol. The maximum absolute atomic E-state index is 6.11. The Bertz CT molecular complexity index is 718. The summed E-state index contributed by atoms with van der Waals surface area (Å²) < 4.78 is 4.52. The van der Waals surface area contributed by atoms with E-state index in [1.165, 1.54) is 0 Å². The molecule has 0 unspecified atom stereocenters. The van der Waals surface area contributed by atoms with Gasteiger partial charge in [-0.1, -0.05) is 11.6 Å². The number of hydrogen-bond donors (Lipinski definition) is 0. The SMILES string of the molecule is Cn1ncc2c(Cl)nc(Cn3cc(I)cn3)nc21. The van der Waals surface area contributed by atoms with Gasteiger partial charge in [0.05, 0.1) is 21.4 Å². The number of fused-ring (bicyclic) bond motifs is 1. The van der Waals surface area contributed by atoms with E-state index in [0.29, 0.717) is 17.5 Å². The predicted molar refractivity (Wildman–Crippen MR) is 75.4 cm³/mol. The second-order valence-electron chi connectivity index (χ2n) is 3.79. The van der Waals surface area contributed by atoms with Gasteiger partial charge in [0, 0.05) is 13.2 Å². The molecule has 0 saturated carbocycles. The fraction of sp³-hybridized carbons (Fsp3) is 0.200. The largest absolute Gasteiger partial charge is 0.264 e. The number of nitrogens with zero attached hydrogens (tertiary/aromatic N) is 6. The van der Waals surface area contributed by atoms with Crippen molar-refractivity contribution in [2.24, 2.45) is 7.05 Å². The number of rotatable bonds is 2. The summed E-state index contributed by atoms with van der Waals surface area (Å²) >= 11 is 8.32. The molecule has 3 heterocycles. The molecule has 6 nitrogen and oxygen atoms in total. The molecule has 0 aromatic carbocycles. The minimum absolute atomic E-state index is 0.421. The summed E-state index contributed by atoms with van der Waals surface area (Å²) in [4.78, 5) is 8.70. The molecule has 92 valence electrons. The molecule has 0 saturated heterocycles. The van der Waals surface area contributed by atoms with Crippen LogP contribution in [0.2, 0.25) is 5.15 Å².